The minimum absolute atomic E-state index is 0.139. The van der Waals surface area contributed by atoms with Gasteiger partial charge < -0.3 is 10.2 Å². The zero-order valence-corrected chi connectivity index (χ0v) is 10.9. The Morgan fingerprint density at radius 3 is 2.65 bits per heavy atom. The molecule has 7 nitrogen and oxygen atoms in total. The van der Waals surface area contributed by atoms with Crippen LogP contribution in [0.25, 0.3) is 0 Å². The fourth-order valence-corrected chi connectivity index (χ4v) is 3.25. The lowest BCUT2D eigenvalue weighted by Gasteiger charge is -2.15. The maximum absolute atomic E-state index is 11.7. The van der Waals surface area contributed by atoms with Crippen LogP contribution in [0, 0.1) is 16.2 Å². The smallest absolute Gasteiger partial charge is 0.210 e. The van der Waals surface area contributed by atoms with Crippen LogP contribution in [-0.4, -0.2) is 19.4 Å². The van der Waals surface area contributed by atoms with E-state index in [1.807, 2.05) is 4.72 Å². The normalized spacial score (nSPS) is 15.0. The van der Waals surface area contributed by atoms with E-state index >= 15 is 0 Å². The van der Waals surface area contributed by atoms with Gasteiger partial charge in [0.05, 0.1) is 22.8 Å². The van der Waals surface area contributed by atoms with Crippen molar-refractivity contribution in [3.8, 4) is 6.19 Å². The van der Waals surface area contributed by atoms with Crippen molar-refractivity contribution in [2.24, 2.45) is 0 Å². The summed E-state index contributed by atoms with van der Waals surface area (Å²) < 4.78 is 20.8. The molecule has 1 aromatic rings. The Kier molecular flexibility index (Phi) is 3.73. The summed E-state index contributed by atoms with van der Waals surface area (Å²) in [5.74, 6) is 0. The Hall–Kier alpha value is -1.21. The number of aromatic nitrogens is 1. The lowest BCUT2D eigenvalue weighted by atomic mass is 10.1. The van der Waals surface area contributed by atoms with Crippen LogP contribution in [-0.2, 0) is 22.1 Å². The van der Waals surface area contributed by atoms with Crippen LogP contribution in [0.3, 0.4) is 0 Å². The van der Waals surface area contributed by atoms with E-state index in [0.717, 1.165) is 11.3 Å². The summed E-state index contributed by atoms with van der Waals surface area (Å²) in [5, 5.41) is 27.3. The third-order valence-electron chi connectivity index (χ3n) is 1.82. The summed E-state index contributed by atoms with van der Waals surface area (Å²) in [4.78, 5) is 4.15. The summed E-state index contributed by atoms with van der Waals surface area (Å²) in [5.41, 5.74) is -1.09. The van der Waals surface area contributed by atoms with Gasteiger partial charge in [0.2, 0.25) is 4.34 Å². The lowest BCUT2D eigenvalue weighted by Crippen LogP contribution is -2.16. The summed E-state index contributed by atoms with van der Waals surface area (Å²) in [6.07, 6.45) is 1.42. The summed E-state index contributed by atoms with van der Waals surface area (Å²) >= 11 is 0.840. The second-order valence-electron chi connectivity index (χ2n) is 3.74. The number of thiazole rings is 1. The minimum atomic E-state index is -3.51. The fraction of sp³-hybridized carbons (Fsp3) is 0.500. The second kappa shape index (κ2) is 4.58. The second-order valence-corrected chi connectivity index (χ2v) is 6.70. The zero-order chi connectivity index (χ0) is 13.3. The first-order valence-corrected chi connectivity index (χ1v) is 6.88. The minimum Gasteiger partial charge on any atom is -0.390 e. The van der Waals surface area contributed by atoms with Gasteiger partial charge in [0.25, 0.3) is 0 Å². The first kappa shape index (κ1) is 13.9. The molecule has 0 saturated heterocycles. The maximum Gasteiger partial charge on any atom is 0.210 e. The molecule has 0 amide bonds. The highest BCUT2D eigenvalue weighted by Crippen LogP contribution is 2.32. The third-order valence-corrected chi connectivity index (χ3v) is 4.94. The van der Waals surface area contributed by atoms with Gasteiger partial charge in [0.15, 0.2) is 16.1 Å². The molecule has 0 bridgehead atoms. The molecule has 1 heterocycles. The van der Waals surface area contributed by atoms with E-state index in [9.17, 15) is 9.32 Å². The molecule has 94 valence electrons. The SMILES string of the molecule is CC(C)(O)c1sc(S(=N)(=O)NC#N)nc1CO. The molecule has 1 aromatic heterocycles. The predicted molar refractivity (Wildman–Crippen MR) is 61.2 cm³/mol. The van der Waals surface area contributed by atoms with Crippen molar-refractivity contribution >= 4 is 21.3 Å². The lowest BCUT2D eigenvalue weighted by molar-refractivity contribution is 0.0796. The largest absolute Gasteiger partial charge is 0.390 e. The molecular formula is C8H12N4O3S2. The van der Waals surface area contributed by atoms with Crippen LogP contribution >= 0.6 is 11.3 Å². The summed E-state index contributed by atoms with van der Waals surface area (Å²) in [7, 11) is -3.51. The van der Waals surface area contributed by atoms with Crippen molar-refractivity contribution in [2.45, 2.75) is 30.4 Å². The van der Waals surface area contributed by atoms with Crippen LogP contribution in [0.4, 0.5) is 0 Å². The summed E-state index contributed by atoms with van der Waals surface area (Å²) in [6, 6.07) is 0. The Bertz CT molecular complexity index is 550. The van der Waals surface area contributed by atoms with Crippen molar-refractivity contribution in [3.05, 3.63) is 10.6 Å². The van der Waals surface area contributed by atoms with E-state index in [-0.39, 0.29) is 10.0 Å². The number of hydrogen-bond acceptors (Lipinski definition) is 7. The van der Waals surface area contributed by atoms with Gasteiger partial charge in [-0.15, -0.1) is 11.3 Å². The predicted octanol–water partition coefficient (Wildman–Crippen LogP) is 0.254. The molecule has 0 aliphatic heterocycles. The molecule has 0 aliphatic rings. The third kappa shape index (κ3) is 2.92. The molecule has 0 fully saturated rings. The molecule has 1 unspecified atom stereocenters. The molecule has 1 rings (SSSR count). The molecule has 0 aromatic carbocycles. The van der Waals surface area contributed by atoms with E-state index < -0.39 is 22.1 Å². The Morgan fingerprint density at radius 2 is 2.29 bits per heavy atom. The zero-order valence-electron chi connectivity index (χ0n) is 9.22. The molecule has 0 radical (unpaired) electrons. The Morgan fingerprint density at radius 1 is 1.71 bits per heavy atom. The van der Waals surface area contributed by atoms with Crippen molar-refractivity contribution < 1.29 is 14.4 Å². The molecular weight excluding hydrogens is 264 g/mol. The van der Waals surface area contributed by atoms with Gasteiger partial charge in [-0.05, 0) is 13.8 Å². The van der Waals surface area contributed by atoms with E-state index in [1.54, 1.807) is 0 Å². The molecule has 17 heavy (non-hydrogen) atoms. The van der Waals surface area contributed by atoms with Crippen molar-refractivity contribution in [3.63, 3.8) is 0 Å². The van der Waals surface area contributed by atoms with Gasteiger partial charge in [-0.3, -0.25) is 0 Å². The number of hydrogen-bond donors (Lipinski definition) is 4. The van der Waals surface area contributed by atoms with E-state index in [0.29, 0.717) is 4.88 Å². The van der Waals surface area contributed by atoms with Gasteiger partial charge >= 0.3 is 0 Å². The van der Waals surface area contributed by atoms with Gasteiger partial charge in [0, 0.05) is 0 Å². The number of aliphatic hydroxyl groups excluding tert-OH is 1. The highest BCUT2D eigenvalue weighted by Gasteiger charge is 2.27. The van der Waals surface area contributed by atoms with Crippen molar-refractivity contribution in [1.82, 2.24) is 9.71 Å². The monoisotopic (exact) mass is 276 g/mol. The fourth-order valence-electron chi connectivity index (χ4n) is 1.15. The van der Waals surface area contributed by atoms with E-state index in [1.165, 1.54) is 20.0 Å². The first-order valence-electron chi connectivity index (χ1n) is 4.50. The number of nitriles is 1. The van der Waals surface area contributed by atoms with Crippen LogP contribution in [0.1, 0.15) is 24.4 Å². The number of nitrogens with one attached hydrogen (secondary N) is 2. The molecule has 0 saturated carbocycles. The molecule has 1 atom stereocenters. The molecule has 0 spiro atoms. The van der Waals surface area contributed by atoms with E-state index in [2.05, 4.69) is 4.98 Å². The van der Waals surface area contributed by atoms with Gasteiger partial charge in [-0.2, -0.15) is 5.26 Å². The van der Waals surface area contributed by atoms with Gasteiger partial charge in [-0.25, -0.2) is 18.7 Å². The average molecular weight is 276 g/mol. The molecule has 4 N–H and O–H groups in total. The van der Waals surface area contributed by atoms with Crippen LogP contribution in [0.5, 0.6) is 0 Å². The molecule has 9 heteroatoms. The number of rotatable bonds is 4. The number of aliphatic hydroxyl groups is 2. The quantitative estimate of drug-likeness (QED) is 0.462. The summed E-state index contributed by atoms with van der Waals surface area (Å²) in [6.45, 7) is 2.55. The van der Waals surface area contributed by atoms with Crippen LogP contribution in [0.15, 0.2) is 4.34 Å². The topological polar surface area (TPSA) is 130 Å². The standard InChI is InChI=1S/C8H12N4O3S2/c1-8(2,14)6-5(3-13)12-7(16-6)17(10,15)11-4-9/h13-14H,3H2,1-2H3,(H2,10,11,15). The average Bonchev–Trinajstić information content (AvgIpc) is 2.61. The Balaban J connectivity index is 3.34. The van der Waals surface area contributed by atoms with Crippen molar-refractivity contribution in [2.75, 3.05) is 0 Å². The highest BCUT2D eigenvalue weighted by molar-refractivity contribution is 7.92. The van der Waals surface area contributed by atoms with Crippen molar-refractivity contribution in [1.29, 1.82) is 10.0 Å². The highest BCUT2D eigenvalue weighted by atomic mass is 32.2. The van der Waals surface area contributed by atoms with Crippen LogP contribution in [0.2, 0.25) is 0 Å². The van der Waals surface area contributed by atoms with Gasteiger partial charge in [0.1, 0.15) is 0 Å². The van der Waals surface area contributed by atoms with E-state index in [4.69, 9.17) is 15.1 Å². The maximum atomic E-state index is 11.7. The Labute approximate surface area is 103 Å². The first-order chi connectivity index (χ1) is 7.72. The van der Waals surface area contributed by atoms with Crippen LogP contribution < -0.4 is 4.72 Å². The van der Waals surface area contributed by atoms with Gasteiger partial charge in [-0.1, -0.05) is 0 Å². The molecule has 0 aliphatic carbocycles. The number of nitrogens with zero attached hydrogens (tertiary/aromatic N) is 2.